The number of carbonyl (C=O) groups is 2. The summed E-state index contributed by atoms with van der Waals surface area (Å²) in [6, 6.07) is 15.8. The second-order valence-electron chi connectivity index (χ2n) is 11.3. The van der Waals surface area contributed by atoms with Gasteiger partial charge in [0.2, 0.25) is 11.8 Å². The minimum Gasteiger partial charge on any atom is -0.497 e. The number of rotatable bonds is 9. The zero-order valence-corrected chi connectivity index (χ0v) is 24.4. The number of amides is 2. The molecule has 5 rings (SSSR count). The van der Waals surface area contributed by atoms with Crippen LogP contribution in [0.1, 0.15) is 68.5 Å². The molecule has 2 aliphatic heterocycles. The zero-order valence-electron chi connectivity index (χ0n) is 22.9. The Morgan fingerprint density at radius 2 is 1.72 bits per heavy atom. The average Bonchev–Trinajstić information content (AvgIpc) is 3.58. The minimum atomic E-state index is -0.220. The molecule has 39 heavy (non-hydrogen) atoms. The molecule has 2 aromatic rings. The Balaban J connectivity index is 0.00000353. The van der Waals surface area contributed by atoms with Gasteiger partial charge in [0.05, 0.1) is 18.6 Å². The molecule has 212 valence electrons. The molecule has 2 amide bonds. The van der Waals surface area contributed by atoms with Crippen molar-refractivity contribution >= 4 is 35.8 Å². The minimum absolute atomic E-state index is 0. The number of piperidine rings is 1. The maximum absolute atomic E-state index is 13.5. The molecule has 1 unspecified atom stereocenters. The van der Waals surface area contributed by atoms with Crippen LogP contribution in [0.5, 0.6) is 5.75 Å². The van der Waals surface area contributed by atoms with Gasteiger partial charge in [-0.1, -0.05) is 54.8 Å². The summed E-state index contributed by atoms with van der Waals surface area (Å²) in [6.45, 7) is 4.18. The number of hydrogen-bond donors (Lipinski definition) is 1. The van der Waals surface area contributed by atoms with Gasteiger partial charge in [0, 0.05) is 30.6 Å². The van der Waals surface area contributed by atoms with Gasteiger partial charge in [0.1, 0.15) is 5.75 Å². The van der Waals surface area contributed by atoms with E-state index in [0.717, 1.165) is 94.4 Å². The van der Waals surface area contributed by atoms with E-state index >= 15 is 0 Å². The summed E-state index contributed by atoms with van der Waals surface area (Å²) < 4.78 is 5.26. The number of benzene rings is 2. The number of carbonyl (C=O) groups excluding carboxylic acids is 2. The molecule has 3 aliphatic rings. The lowest BCUT2D eigenvalue weighted by Crippen LogP contribution is -2.45. The highest BCUT2D eigenvalue weighted by Crippen LogP contribution is 2.42. The van der Waals surface area contributed by atoms with Crippen LogP contribution in [0.2, 0.25) is 5.02 Å². The van der Waals surface area contributed by atoms with E-state index in [4.69, 9.17) is 16.3 Å². The molecule has 1 spiro atoms. The van der Waals surface area contributed by atoms with Crippen LogP contribution in [0.3, 0.4) is 0 Å². The maximum atomic E-state index is 13.5. The molecule has 2 saturated heterocycles. The molecule has 3 fully saturated rings. The van der Waals surface area contributed by atoms with Crippen LogP contribution in [0, 0.1) is 11.3 Å². The lowest BCUT2D eigenvalue weighted by Gasteiger charge is -2.38. The van der Waals surface area contributed by atoms with Crippen molar-refractivity contribution in [2.24, 2.45) is 11.3 Å². The fourth-order valence-electron chi connectivity index (χ4n) is 6.52. The van der Waals surface area contributed by atoms with Crippen LogP contribution in [0.4, 0.5) is 0 Å². The van der Waals surface area contributed by atoms with Gasteiger partial charge >= 0.3 is 0 Å². The number of nitrogens with one attached hydrogen (secondary N) is 1. The van der Waals surface area contributed by atoms with E-state index < -0.39 is 0 Å². The third kappa shape index (κ3) is 6.90. The average molecular weight is 575 g/mol. The third-order valence-corrected chi connectivity index (χ3v) is 9.35. The number of likely N-dealkylation sites (tertiary alicyclic amines) is 2. The number of nitrogens with zero attached hydrogens (tertiary/aromatic N) is 2. The van der Waals surface area contributed by atoms with E-state index in [1.54, 1.807) is 7.11 Å². The van der Waals surface area contributed by atoms with Crippen LogP contribution in [-0.4, -0.2) is 54.9 Å². The highest BCUT2D eigenvalue weighted by molar-refractivity contribution is 6.31. The molecule has 1 saturated carbocycles. The molecule has 2 heterocycles. The molecular formula is C31H41Cl2N3O3. The first-order valence-electron chi connectivity index (χ1n) is 14.2. The van der Waals surface area contributed by atoms with Crippen molar-refractivity contribution in [2.75, 3.05) is 33.3 Å². The van der Waals surface area contributed by atoms with Crippen LogP contribution in [-0.2, 0) is 16.1 Å². The Kier molecular flexibility index (Phi) is 10.2. The Bertz CT molecular complexity index is 1110. The third-order valence-electron chi connectivity index (χ3n) is 9.00. The summed E-state index contributed by atoms with van der Waals surface area (Å²) in [5, 5.41) is 4.03. The van der Waals surface area contributed by atoms with Crippen LogP contribution >= 0.6 is 24.0 Å². The molecule has 1 N–H and O–H groups in total. The van der Waals surface area contributed by atoms with Gasteiger partial charge < -0.3 is 19.9 Å². The van der Waals surface area contributed by atoms with Gasteiger partial charge in [-0.15, -0.1) is 12.4 Å². The van der Waals surface area contributed by atoms with E-state index in [2.05, 4.69) is 10.2 Å². The molecule has 0 radical (unpaired) electrons. The molecule has 1 aliphatic carbocycles. The predicted octanol–water partition coefficient (Wildman–Crippen LogP) is 6.02. The Labute approximate surface area is 243 Å². The lowest BCUT2D eigenvalue weighted by molar-refractivity contribution is -0.139. The van der Waals surface area contributed by atoms with E-state index in [1.807, 2.05) is 53.4 Å². The first-order chi connectivity index (χ1) is 18.5. The molecule has 2 aromatic carbocycles. The van der Waals surface area contributed by atoms with Crippen molar-refractivity contribution in [3.63, 3.8) is 0 Å². The SMILES string of the molecule is COc1ccc(CN2CCC3(CCN(CCC(NC(=O)C4CCCC4)c4ccccc4Cl)CC3)C2=O)cc1.Cl. The second-order valence-corrected chi connectivity index (χ2v) is 11.7. The normalized spacial score (nSPS) is 20.2. The summed E-state index contributed by atoms with van der Waals surface area (Å²) in [5.41, 5.74) is 1.91. The maximum Gasteiger partial charge on any atom is 0.229 e. The van der Waals surface area contributed by atoms with Gasteiger partial charge in [-0.3, -0.25) is 9.59 Å². The van der Waals surface area contributed by atoms with Crippen molar-refractivity contribution in [3.05, 3.63) is 64.7 Å². The number of ether oxygens (including phenoxy) is 1. The summed E-state index contributed by atoms with van der Waals surface area (Å²) >= 11 is 6.56. The molecule has 0 aromatic heterocycles. The largest absolute Gasteiger partial charge is 0.497 e. The Morgan fingerprint density at radius 3 is 2.38 bits per heavy atom. The van der Waals surface area contributed by atoms with E-state index in [-0.39, 0.29) is 35.7 Å². The predicted molar refractivity (Wildman–Crippen MR) is 157 cm³/mol. The standard InChI is InChI=1S/C31H40ClN3O3.ClH/c1-38-25-12-10-23(11-13-25)22-35-21-17-31(30(35)37)15-19-34(20-16-31)18-14-28(26-8-4-5-9-27(26)32)33-29(36)24-6-2-3-7-24;/h4-5,8-13,24,28H,2-3,6-7,14-22H2,1H3,(H,33,36);1H. The van der Waals surface area contributed by atoms with E-state index in [0.29, 0.717) is 17.5 Å². The Morgan fingerprint density at radius 1 is 1.05 bits per heavy atom. The smallest absolute Gasteiger partial charge is 0.229 e. The van der Waals surface area contributed by atoms with Crippen molar-refractivity contribution in [1.29, 1.82) is 0 Å². The molecule has 0 bridgehead atoms. The quantitative estimate of drug-likeness (QED) is 0.398. The molecule has 1 atom stereocenters. The van der Waals surface area contributed by atoms with Crippen LogP contribution in [0.25, 0.3) is 0 Å². The number of halogens is 2. The van der Waals surface area contributed by atoms with Gasteiger partial charge in [-0.2, -0.15) is 0 Å². The number of methoxy groups -OCH3 is 1. The summed E-state index contributed by atoms with van der Waals surface area (Å²) in [4.78, 5) is 30.9. The van der Waals surface area contributed by atoms with Crippen molar-refractivity contribution in [3.8, 4) is 5.75 Å². The zero-order chi connectivity index (χ0) is 26.5. The fraction of sp³-hybridized carbons (Fsp3) is 0.548. The Hall–Kier alpha value is -2.28. The monoisotopic (exact) mass is 573 g/mol. The highest BCUT2D eigenvalue weighted by Gasteiger charge is 2.47. The van der Waals surface area contributed by atoms with Gasteiger partial charge in [0.25, 0.3) is 0 Å². The first-order valence-corrected chi connectivity index (χ1v) is 14.5. The van der Waals surface area contributed by atoms with E-state index in [1.165, 1.54) is 0 Å². The lowest BCUT2D eigenvalue weighted by atomic mass is 9.77. The topological polar surface area (TPSA) is 61.9 Å². The van der Waals surface area contributed by atoms with Crippen molar-refractivity contribution < 1.29 is 14.3 Å². The molecular weight excluding hydrogens is 533 g/mol. The molecule has 8 heteroatoms. The number of hydrogen-bond acceptors (Lipinski definition) is 4. The summed E-state index contributed by atoms with van der Waals surface area (Å²) in [7, 11) is 1.67. The van der Waals surface area contributed by atoms with Crippen LogP contribution in [0.15, 0.2) is 48.5 Å². The van der Waals surface area contributed by atoms with Gasteiger partial charge in [-0.05, 0) is 80.9 Å². The summed E-state index contributed by atoms with van der Waals surface area (Å²) in [5.74, 6) is 1.44. The fourth-order valence-corrected chi connectivity index (χ4v) is 6.78. The first kappa shape index (κ1) is 29.7. The van der Waals surface area contributed by atoms with Crippen molar-refractivity contribution in [2.45, 2.75) is 64.0 Å². The molecule has 6 nitrogen and oxygen atoms in total. The van der Waals surface area contributed by atoms with E-state index in [9.17, 15) is 9.59 Å². The highest BCUT2D eigenvalue weighted by atomic mass is 35.5. The second kappa shape index (κ2) is 13.4. The van der Waals surface area contributed by atoms with Crippen molar-refractivity contribution in [1.82, 2.24) is 15.1 Å². The van der Waals surface area contributed by atoms with Gasteiger partial charge in [-0.25, -0.2) is 0 Å². The van der Waals surface area contributed by atoms with Crippen LogP contribution < -0.4 is 10.1 Å². The van der Waals surface area contributed by atoms with Gasteiger partial charge in [0.15, 0.2) is 0 Å². The summed E-state index contributed by atoms with van der Waals surface area (Å²) in [6.07, 6.45) is 7.80.